The van der Waals surface area contributed by atoms with Crippen molar-refractivity contribution in [3.05, 3.63) is 47.4 Å². The molecule has 0 unspecified atom stereocenters. The number of aliphatic hydroxyl groups is 1. The van der Waals surface area contributed by atoms with E-state index in [0.717, 1.165) is 0 Å². The van der Waals surface area contributed by atoms with Crippen molar-refractivity contribution in [2.75, 3.05) is 12.0 Å². The largest absolute Gasteiger partial charge is 0.503 e. The summed E-state index contributed by atoms with van der Waals surface area (Å²) >= 11 is 0. The van der Waals surface area contributed by atoms with Crippen LogP contribution in [0.5, 0.6) is 5.75 Å². The molecule has 1 aromatic carbocycles. The Morgan fingerprint density at radius 1 is 1.15 bits per heavy atom. The van der Waals surface area contributed by atoms with Crippen molar-refractivity contribution in [3.63, 3.8) is 0 Å². The highest BCUT2D eigenvalue weighted by Crippen LogP contribution is 2.38. The van der Waals surface area contributed by atoms with Gasteiger partial charge in [0, 0.05) is 23.8 Å². The van der Waals surface area contributed by atoms with Gasteiger partial charge < -0.3 is 9.84 Å². The number of ether oxygens (including phenoxy) is 1. The molecular formula is C15H13NO4. The zero-order valence-corrected chi connectivity index (χ0v) is 10.9. The van der Waals surface area contributed by atoms with E-state index in [1.807, 2.05) is 0 Å². The first-order valence-electron chi connectivity index (χ1n) is 6.27. The number of anilines is 1. The quantitative estimate of drug-likeness (QED) is 0.894. The number of amides is 1. The minimum atomic E-state index is -0.494. The summed E-state index contributed by atoms with van der Waals surface area (Å²) in [5.74, 6) is -0.123. The van der Waals surface area contributed by atoms with Crippen LogP contribution >= 0.6 is 0 Å². The smallest absolute Gasteiger partial charge is 0.298 e. The average molecular weight is 271 g/mol. The second kappa shape index (κ2) is 4.52. The third-order valence-electron chi connectivity index (χ3n) is 3.49. The van der Waals surface area contributed by atoms with E-state index in [-0.39, 0.29) is 11.5 Å². The van der Waals surface area contributed by atoms with Gasteiger partial charge >= 0.3 is 0 Å². The standard InChI is InChI=1S/C15H13NO4/c1-20-11-5-2-9(3-6-11)16-13-8-10(17)4-7-12(13)14(18)15(16)19/h2-3,5-6,8,18H,4,7H2,1H3. The van der Waals surface area contributed by atoms with E-state index in [9.17, 15) is 14.7 Å². The van der Waals surface area contributed by atoms with Gasteiger partial charge in [0.25, 0.3) is 5.91 Å². The van der Waals surface area contributed by atoms with Crippen LogP contribution in [-0.4, -0.2) is 23.9 Å². The number of aliphatic hydroxyl groups excluding tert-OH is 1. The second-order valence-electron chi connectivity index (χ2n) is 4.66. The summed E-state index contributed by atoms with van der Waals surface area (Å²) in [4.78, 5) is 25.1. The van der Waals surface area contributed by atoms with Gasteiger partial charge in [-0.15, -0.1) is 0 Å². The Balaban J connectivity index is 2.05. The summed E-state index contributed by atoms with van der Waals surface area (Å²) in [5.41, 5.74) is 1.62. The molecule has 1 heterocycles. The topological polar surface area (TPSA) is 66.8 Å². The zero-order chi connectivity index (χ0) is 14.3. The summed E-state index contributed by atoms with van der Waals surface area (Å²) in [6, 6.07) is 6.88. The molecule has 5 heteroatoms. The third-order valence-corrected chi connectivity index (χ3v) is 3.49. The fraction of sp³-hybridized carbons (Fsp3) is 0.200. The minimum Gasteiger partial charge on any atom is -0.503 e. The van der Waals surface area contributed by atoms with Crippen LogP contribution in [0.3, 0.4) is 0 Å². The number of hydrogen-bond acceptors (Lipinski definition) is 4. The molecule has 20 heavy (non-hydrogen) atoms. The number of rotatable bonds is 2. The average Bonchev–Trinajstić information content (AvgIpc) is 2.71. The number of carbonyl (C=O) groups is 2. The maximum atomic E-state index is 12.2. The van der Waals surface area contributed by atoms with E-state index in [4.69, 9.17) is 4.74 Å². The molecule has 0 saturated carbocycles. The molecule has 5 nitrogen and oxygen atoms in total. The van der Waals surface area contributed by atoms with E-state index in [1.54, 1.807) is 31.4 Å². The van der Waals surface area contributed by atoms with Crippen molar-refractivity contribution in [1.29, 1.82) is 0 Å². The fourth-order valence-corrected chi connectivity index (χ4v) is 2.46. The number of hydrogen-bond donors (Lipinski definition) is 1. The third kappa shape index (κ3) is 1.79. The van der Waals surface area contributed by atoms with Crippen LogP contribution in [-0.2, 0) is 9.59 Å². The number of fused-ring (bicyclic) bond motifs is 1. The maximum Gasteiger partial charge on any atom is 0.298 e. The van der Waals surface area contributed by atoms with Crippen molar-refractivity contribution in [3.8, 4) is 5.75 Å². The van der Waals surface area contributed by atoms with Crippen LogP contribution in [0, 0.1) is 0 Å². The lowest BCUT2D eigenvalue weighted by Crippen LogP contribution is -2.26. The first-order chi connectivity index (χ1) is 9.61. The van der Waals surface area contributed by atoms with Gasteiger partial charge in [-0.1, -0.05) is 0 Å². The lowest BCUT2D eigenvalue weighted by Gasteiger charge is -2.21. The van der Waals surface area contributed by atoms with Crippen molar-refractivity contribution in [1.82, 2.24) is 0 Å². The molecule has 0 bridgehead atoms. The van der Waals surface area contributed by atoms with E-state index in [0.29, 0.717) is 35.5 Å². The van der Waals surface area contributed by atoms with Gasteiger partial charge in [0.05, 0.1) is 12.8 Å². The van der Waals surface area contributed by atoms with Crippen LogP contribution < -0.4 is 9.64 Å². The molecule has 0 aromatic heterocycles. The number of nitrogens with zero attached hydrogens (tertiary/aromatic N) is 1. The zero-order valence-electron chi connectivity index (χ0n) is 10.9. The molecule has 1 N–H and O–H groups in total. The molecule has 2 aliphatic rings. The van der Waals surface area contributed by atoms with E-state index < -0.39 is 5.91 Å². The number of ketones is 1. The minimum absolute atomic E-state index is 0.0373. The molecule has 0 radical (unpaired) electrons. The van der Waals surface area contributed by atoms with Crippen LogP contribution in [0.2, 0.25) is 0 Å². The van der Waals surface area contributed by atoms with Crippen molar-refractivity contribution >= 4 is 17.4 Å². The Hall–Kier alpha value is -2.56. The predicted octanol–water partition coefficient (Wildman–Crippen LogP) is 2.10. The number of carbonyl (C=O) groups excluding carboxylic acids is 2. The molecule has 1 amide bonds. The lowest BCUT2D eigenvalue weighted by molar-refractivity contribution is -0.116. The van der Waals surface area contributed by atoms with Gasteiger partial charge in [0.1, 0.15) is 5.75 Å². The predicted molar refractivity (Wildman–Crippen MR) is 72.5 cm³/mol. The fourth-order valence-electron chi connectivity index (χ4n) is 2.46. The van der Waals surface area contributed by atoms with Gasteiger partial charge in [0.15, 0.2) is 11.5 Å². The SMILES string of the molecule is COc1ccc(N2C(=O)C(O)=C3CCC(=O)C=C32)cc1. The van der Waals surface area contributed by atoms with Crippen LogP contribution in [0.15, 0.2) is 47.4 Å². The summed E-state index contributed by atoms with van der Waals surface area (Å²) in [7, 11) is 1.56. The molecule has 0 atom stereocenters. The molecule has 3 rings (SSSR count). The Morgan fingerprint density at radius 3 is 2.50 bits per heavy atom. The van der Waals surface area contributed by atoms with Crippen LogP contribution in [0.25, 0.3) is 0 Å². The van der Waals surface area contributed by atoms with Gasteiger partial charge in [-0.3, -0.25) is 14.5 Å². The monoisotopic (exact) mass is 271 g/mol. The second-order valence-corrected chi connectivity index (χ2v) is 4.66. The summed E-state index contributed by atoms with van der Waals surface area (Å²) < 4.78 is 5.07. The molecule has 102 valence electrons. The molecule has 0 saturated heterocycles. The highest BCUT2D eigenvalue weighted by Gasteiger charge is 2.38. The van der Waals surface area contributed by atoms with Gasteiger partial charge in [0.2, 0.25) is 0 Å². The lowest BCUT2D eigenvalue weighted by atomic mass is 9.98. The summed E-state index contributed by atoms with van der Waals surface area (Å²) in [6.45, 7) is 0. The maximum absolute atomic E-state index is 12.2. The van der Waals surface area contributed by atoms with Gasteiger partial charge in [-0.2, -0.15) is 0 Å². The van der Waals surface area contributed by atoms with E-state index >= 15 is 0 Å². The number of allylic oxidation sites excluding steroid dienone is 2. The van der Waals surface area contributed by atoms with E-state index in [1.165, 1.54) is 11.0 Å². The normalized spacial score (nSPS) is 18.2. The van der Waals surface area contributed by atoms with Crippen molar-refractivity contribution in [2.45, 2.75) is 12.8 Å². The highest BCUT2D eigenvalue weighted by molar-refractivity contribution is 6.14. The molecule has 1 aliphatic carbocycles. The van der Waals surface area contributed by atoms with Gasteiger partial charge in [-0.25, -0.2) is 0 Å². The molecule has 0 fully saturated rings. The Labute approximate surface area is 115 Å². The number of methoxy groups -OCH3 is 1. The Morgan fingerprint density at radius 2 is 1.85 bits per heavy atom. The molecule has 0 spiro atoms. The number of benzene rings is 1. The van der Waals surface area contributed by atoms with Crippen molar-refractivity contribution < 1.29 is 19.4 Å². The Bertz CT molecular complexity index is 655. The summed E-state index contributed by atoms with van der Waals surface area (Å²) in [5, 5.41) is 9.92. The van der Waals surface area contributed by atoms with Crippen LogP contribution in [0.1, 0.15) is 12.8 Å². The van der Waals surface area contributed by atoms with Gasteiger partial charge in [-0.05, 0) is 30.7 Å². The highest BCUT2D eigenvalue weighted by atomic mass is 16.5. The molecular weight excluding hydrogens is 258 g/mol. The van der Waals surface area contributed by atoms with E-state index in [2.05, 4.69) is 0 Å². The first kappa shape index (κ1) is 12.5. The molecule has 1 aromatic rings. The van der Waals surface area contributed by atoms with Crippen molar-refractivity contribution in [2.24, 2.45) is 0 Å². The Kier molecular flexibility index (Phi) is 2.82. The first-order valence-corrected chi connectivity index (χ1v) is 6.27. The molecule has 1 aliphatic heterocycles. The summed E-state index contributed by atoms with van der Waals surface area (Å²) in [6.07, 6.45) is 2.14. The van der Waals surface area contributed by atoms with Crippen LogP contribution in [0.4, 0.5) is 5.69 Å².